The first-order chi connectivity index (χ1) is 14.7. The Morgan fingerprint density at radius 2 is 1.68 bits per heavy atom. The Balaban J connectivity index is 1.87. The lowest BCUT2D eigenvalue weighted by molar-refractivity contribution is 0.0940. The van der Waals surface area contributed by atoms with Crippen molar-refractivity contribution < 1.29 is 17.9 Å². The maximum absolute atomic E-state index is 13.1. The van der Waals surface area contributed by atoms with Gasteiger partial charge >= 0.3 is 0 Å². The van der Waals surface area contributed by atoms with Crippen molar-refractivity contribution in [3.63, 3.8) is 0 Å². The predicted octanol–water partition coefficient (Wildman–Crippen LogP) is 4.66. The van der Waals surface area contributed by atoms with Gasteiger partial charge in [-0.2, -0.15) is 0 Å². The van der Waals surface area contributed by atoms with E-state index in [1.165, 1.54) is 32.4 Å². The van der Waals surface area contributed by atoms with Gasteiger partial charge in [0.25, 0.3) is 15.9 Å². The largest absolute Gasteiger partial charge is 0.497 e. The molecule has 0 aliphatic heterocycles. The summed E-state index contributed by atoms with van der Waals surface area (Å²) < 4.78 is 32.5. The standard InChI is InChI=1S/C23H23ClN2O4S/c1-16(17-7-5-4-6-8-17)25-23(27)21-15-20(13-14-22(21)24)31(28,29)26(2)18-9-11-19(30-3)12-10-18/h4-16H,1-3H3,(H,25,27)/t16-/m1/s1. The van der Waals surface area contributed by atoms with Gasteiger partial charge in [-0.1, -0.05) is 41.9 Å². The van der Waals surface area contributed by atoms with Crippen LogP contribution in [0.3, 0.4) is 0 Å². The molecule has 0 radical (unpaired) electrons. The molecule has 0 aliphatic carbocycles. The van der Waals surface area contributed by atoms with Crippen LogP contribution in [0, 0.1) is 0 Å². The van der Waals surface area contributed by atoms with Crippen molar-refractivity contribution in [2.45, 2.75) is 17.9 Å². The zero-order valence-corrected chi connectivity index (χ0v) is 18.9. The fourth-order valence-corrected chi connectivity index (χ4v) is 4.45. The third kappa shape index (κ3) is 5.00. The molecule has 0 unspecified atom stereocenters. The van der Waals surface area contributed by atoms with Gasteiger partial charge in [0.1, 0.15) is 5.75 Å². The molecule has 1 atom stereocenters. The smallest absolute Gasteiger partial charge is 0.264 e. The maximum atomic E-state index is 13.1. The van der Waals surface area contributed by atoms with E-state index in [9.17, 15) is 13.2 Å². The first kappa shape index (κ1) is 22.7. The summed E-state index contributed by atoms with van der Waals surface area (Å²) in [5, 5.41) is 3.03. The number of amides is 1. The molecule has 162 valence electrons. The Morgan fingerprint density at radius 1 is 1.03 bits per heavy atom. The minimum Gasteiger partial charge on any atom is -0.497 e. The molecule has 1 amide bonds. The van der Waals surface area contributed by atoms with Gasteiger partial charge in [0.05, 0.1) is 34.3 Å². The summed E-state index contributed by atoms with van der Waals surface area (Å²) in [7, 11) is -0.928. The molecule has 1 N–H and O–H groups in total. The van der Waals surface area contributed by atoms with Crippen LogP contribution in [-0.2, 0) is 10.0 Å². The van der Waals surface area contributed by atoms with Crippen molar-refractivity contribution in [2.24, 2.45) is 0 Å². The van der Waals surface area contributed by atoms with Crippen LogP contribution in [0.5, 0.6) is 5.75 Å². The fraction of sp³-hybridized carbons (Fsp3) is 0.174. The summed E-state index contributed by atoms with van der Waals surface area (Å²) in [5.41, 5.74) is 1.48. The van der Waals surface area contributed by atoms with Gasteiger partial charge in [0.15, 0.2) is 0 Å². The van der Waals surface area contributed by atoms with Gasteiger partial charge in [-0.05, 0) is 55.0 Å². The highest BCUT2D eigenvalue weighted by molar-refractivity contribution is 7.92. The normalized spacial score (nSPS) is 12.1. The Kier molecular flexibility index (Phi) is 6.87. The van der Waals surface area contributed by atoms with E-state index in [-0.39, 0.29) is 21.5 Å². The third-order valence-electron chi connectivity index (χ3n) is 4.92. The number of carbonyl (C=O) groups excluding carboxylic acids is 1. The van der Waals surface area contributed by atoms with Crippen LogP contribution < -0.4 is 14.4 Å². The highest BCUT2D eigenvalue weighted by atomic mass is 35.5. The Morgan fingerprint density at radius 3 is 2.29 bits per heavy atom. The maximum Gasteiger partial charge on any atom is 0.264 e. The summed E-state index contributed by atoms with van der Waals surface area (Å²) in [6, 6.07) is 19.9. The zero-order chi connectivity index (χ0) is 22.6. The average molecular weight is 459 g/mol. The van der Waals surface area contributed by atoms with E-state index in [4.69, 9.17) is 16.3 Å². The van der Waals surface area contributed by atoms with Gasteiger partial charge in [0, 0.05) is 7.05 Å². The Hall–Kier alpha value is -3.03. The van der Waals surface area contributed by atoms with Crippen LogP contribution >= 0.6 is 11.6 Å². The first-order valence-electron chi connectivity index (χ1n) is 9.52. The van der Waals surface area contributed by atoms with Crippen LogP contribution in [-0.4, -0.2) is 28.5 Å². The topological polar surface area (TPSA) is 75.7 Å². The van der Waals surface area contributed by atoms with Crippen molar-refractivity contribution in [3.8, 4) is 5.75 Å². The monoisotopic (exact) mass is 458 g/mol. The number of sulfonamides is 1. The fourth-order valence-electron chi connectivity index (χ4n) is 3.03. The summed E-state index contributed by atoms with van der Waals surface area (Å²) in [4.78, 5) is 12.8. The van der Waals surface area contributed by atoms with Crippen molar-refractivity contribution in [1.29, 1.82) is 0 Å². The molecule has 31 heavy (non-hydrogen) atoms. The van der Waals surface area contributed by atoms with Crippen molar-refractivity contribution in [2.75, 3.05) is 18.5 Å². The van der Waals surface area contributed by atoms with Gasteiger partial charge in [-0.25, -0.2) is 8.42 Å². The number of anilines is 1. The van der Waals surface area contributed by atoms with E-state index < -0.39 is 15.9 Å². The summed E-state index contributed by atoms with van der Waals surface area (Å²) >= 11 is 6.22. The molecular weight excluding hydrogens is 436 g/mol. The Bertz CT molecular complexity index is 1170. The number of ether oxygens (including phenoxy) is 1. The lowest BCUT2D eigenvalue weighted by Gasteiger charge is -2.20. The number of nitrogens with one attached hydrogen (secondary N) is 1. The first-order valence-corrected chi connectivity index (χ1v) is 11.3. The minimum absolute atomic E-state index is 0.0345. The lowest BCUT2D eigenvalue weighted by atomic mass is 10.1. The molecule has 0 spiro atoms. The third-order valence-corrected chi connectivity index (χ3v) is 7.04. The SMILES string of the molecule is COc1ccc(N(C)S(=O)(=O)c2ccc(Cl)c(C(=O)N[C@H](C)c3ccccc3)c2)cc1. The molecule has 0 aliphatic rings. The van der Waals surface area contributed by atoms with Crippen LogP contribution in [0.4, 0.5) is 5.69 Å². The number of carbonyl (C=O) groups is 1. The second kappa shape index (κ2) is 9.41. The summed E-state index contributed by atoms with van der Waals surface area (Å²) in [5.74, 6) is 0.165. The molecule has 0 fully saturated rings. The second-order valence-electron chi connectivity index (χ2n) is 6.92. The summed E-state index contributed by atoms with van der Waals surface area (Å²) in [6.07, 6.45) is 0. The second-order valence-corrected chi connectivity index (χ2v) is 9.29. The van der Waals surface area contributed by atoms with Gasteiger partial charge < -0.3 is 10.1 Å². The molecule has 3 aromatic carbocycles. The number of rotatable bonds is 7. The molecule has 0 saturated carbocycles. The van der Waals surface area contributed by atoms with E-state index in [1.807, 2.05) is 37.3 Å². The van der Waals surface area contributed by atoms with E-state index >= 15 is 0 Å². The zero-order valence-electron chi connectivity index (χ0n) is 17.4. The van der Waals surface area contributed by atoms with Crippen molar-refractivity contribution in [1.82, 2.24) is 5.32 Å². The molecule has 0 aromatic heterocycles. The van der Waals surface area contributed by atoms with Gasteiger partial charge in [-0.15, -0.1) is 0 Å². The number of methoxy groups -OCH3 is 1. The molecular formula is C23H23ClN2O4S. The molecule has 3 rings (SSSR count). The van der Waals surface area contributed by atoms with Gasteiger partial charge in [0.2, 0.25) is 0 Å². The molecule has 0 saturated heterocycles. The molecule has 0 heterocycles. The van der Waals surface area contributed by atoms with E-state index in [0.29, 0.717) is 11.4 Å². The van der Waals surface area contributed by atoms with Crippen molar-refractivity contribution in [3.05, 3.63) is 88.9 Å². The quantitative estimate of drug-likeness (QED) is 0.558. The minimum atomic E-state index is -3.91. The lowest BCUT2D eigenvalue weighted by Crippen LogP contribution is -2.29. The predicted molar refractivity (Wildman–Crippen MR) is 122 cm³/mol. The van der Waals surface area contributed by atoms with Crippen molar-refractivity contribution >= 4 is 33.2 Å². The molecule has 8 heteroatoms. The molecule has 6 nitrogen and oxygen atoms in total. The highest BCUT2D eigenvalue weighted by Gasteiger charge is 2.24. The number of nitrogens with zero attached hydrogens (tertiary/aromatic N) is 1. The van der Waals surface area contributed by atoms with E-state index in [2.05, 4.69) is 5.32 Å². The summed E-state index contributed by atoms with van der Waals surface area (Å²) in [6.45, 7) is 1.85. The Labute approximate surface area is 187 Å². The number of hydrogen-bond acceptors (Lipinski definition) is 4. The molecule has 0 bridgehead atoms. The average Bonchev–Trinajstić information content (AvgIpc) is 2.79. The van der Waals surface area contributed by atoms with Crippen LogP contribution in [0.15, 0.2) is 77.7 Å². The van der Waals surface area contributed by atoms with E-state index in [1.54, 1.807) is 24.3 Å². The van der Waals surface area contributed by atoms with Crippen LogP contribution in [0.2, 0.25) is 5.02 Å². The van der Waals surface area contributed by atoms with Gasteiger partial charge in [-0.3, -0.25) is 9.10 Å². The van der Waals surface area contributed by atoms with Crippen LogP contribution in [0.25, 0.3) is 0 Å². The number of halogens is 1. The highest BCUT2D eigenvalue weighted by Crippen LogP contribution is 2.27. The van der Waals surface area contributed by atoms with E-state index in [0.717, 1.165) is 9.87 Å². The molecule has 3 aromatic rings. The van der Waals surface area contributed by atoms with Crippen LogP contribution in [0.1, 0.15) is 28.9 Å². The number of benzene rings is 3. The number of hydrogen-bond donors (Lipinski definition) is 1.